The molecule has 102 valence electrons. The molecule has 3 rings (SSSR count). The molecule has 0 atom stereocenters. The molecule has 0 saturated carbocycles. The lowest BCUT2D eigenvalue weighted by Gasteiger charge is -2.02. The first-order valence-corrected chi connectivity index (χ1v) is 6.41. The Morgan fingerprint density at radius 3 is 2.95 bits per heavy atom. The average Bonchev–Trinajstić information content (AvgIpc) is 2.97. The standard InChI is InChI=1S/C15H14N2O3/c1-3-10-8-20-14(12(10)15(18)19)13-9(2)16-11-6-4-5-7-17(11)13/h4-8H,3H2,1-2H3,(H,18,19). The van der Waals surface area contributed by atoms with E-state index in [2.05, 4.69) is 4.98 Å². The van der Waals surface area contributed by atoms with Gasteiger partial charge in [0.1, 0.15) is 16.9 Å². The predicted molar refractivity (Wildman–Crippen MR) is 74.0 cm³/mol. The molecule has 5 nitrogen and oxygen atoms in total. The fourth-order valence-electron chi connectivity index (χ4n) is 2.45. The maximum Gasteiger partial charge on any atom is 0.339 e. The first-order chi connectivity index (χ1) is 9.63. The Hall–Kier alpha value is -2.56. The second-order valence-corrected chi connectivity index (χ2v) is 4.60. The molecule has 0 fully saturated rings. The zero-order valence-corrected chi connectivity index (χ0v) is 11.3. The quantitative estimate of drug-likeness (QED) is 0.793. The Kier molecular flexibility index (Phi) is 2.82. The second kappa shape index (κ2) is 4.52. The van der Waals surface area contributed by atoms with E-state index in [1.54, 1.807) is 0 Å². The number of aromatic nitrogens is 2. The van der Waals surface area contributed by atoms with E-state index in [9.17, 15) is 9.90 Å². The van der Waals surface area contributed by atoms with Crippen LogP contribution in [-0.2, 0) is 6.42 Å². The smallest absolute Gasteiger partial charge is 0.339 e. The van der Waals surface area contributed by atoms with Crippen LogP contribution < -0.4 is 0 Å². The number of nitrogens with zero attached hydrogens (tertiary/aromatic N) is 2. The number of carboxylic acid groups (broad SMARTS) is 1. The molecular formula is C15H14N2O3. The van der Waals surface area contributed by atoms with Gasteiger partial charge in [-0.3, -0.25) is 4.40 Å². The van der Waals surface area contributed by atoms with Crippen LogP contribution in [0, 0.1) is 6.92 Å². The number of fused-ring (bicyclic) bond motifs is 1. The van der Waals surface area contributed by atoms with Crippen LogP contribution in [0.15, 0.2) is 35.1 Å². The molecule has 3 aromatic rings. The van der Waals surface area contributed by atoms with E-state index < -0.39 is 5.97 Å². The Bertz CT molecular complexity index is 799. The first-order valence-electron chi connectivity index (χ1n) is 6.41. The van der Waals surface area contributed by atoms with Crippen LogP contribution in [0.5, 0.6) is 0 Å². The third kappa shape index (κ3) is 1.71. The van der Waals surface area contributed by atoms with E-state index in [4.69, 9.17) is 4.42 Å². The lowest BCUT2D eigenvalue weighted by atomic mass is 10.1. The number of carboxylic acids is 1. The molecule has 0 aromatic carbocycles. The maximum atomic E-state index is 11.5. The van der Waals surface area contributed by atoms with Gasteiger partial charge in [0.2, 0.25) is 0 Å². The molecule has 0 spiro atoms. The summed E-state index contributed by atoms with van der Waals surface area (Å²) in [6.07, 6.45) is 3.98. The third-order valence-corrected chi connectivity index (χ3v) is 3.38. The van der Waals surface area contributed by atoms with Crippen LogP contribution >= 0.6 is 0 Å². The number of carbonyl (C=O) groups is 1. The zero-order chi connectivity index (χ0) is 14.3. The van der Waals surface area contributed by atoms with E-state index in [-0.39, 0.29) is 5.56 Å². The van der Waals surface area contributed by atoms with Crippen molar-refractivity contribution in [1.29, 1.82) is 0 Å². The summed E-state index contributed by atoms with van der Waals surface area (Å²) in [4.78, 5) is 16.0. The normalized spacial score (nSPS) is 11.1. The lowest BCUT2D eigenvalue weighted by molar-refractivity contribution is 0.0696. The van der Waals surface area contributed by atoms with Gasteiger partial charge in [-0.15, -0.1) is 0 Å². The Balaban J connectivity index is 2.34. The van der Waals surface area contributed by atoms with E-state index in [0.29, 0.717) is 23.4 Å². The molecule has 1 N–H and O–H groups in total. The Labute approximate surface area is 115 Å². The number of aryl methyl sites for hydroxylation is 2. The molecular weight excluding hydrogens is 256 g/mol. The molecule has 0 aliphatic carbocycles. The van der Waals surface area contributed by atoms with Crippen LogP contribution in [0.25, 0.3) is 17.1 Å². The number of hydrogen-bond acceptors (Lipinski definition) is 3. The minimum Gasteiger partial charge on any atom is -0.478 e. The number of pyridine rings is 1. The number of hydrogen-bond donors (Lipinski definition) is 1. The van der Waals surface area contributed by atoms with Crippen molar-refractivity contribution in [2.45, 2.75) is 20.3 Å². The van der Waals surface area contributed by atoms with E-state index in [0.717, 1.165) is 11.3 Å². The highest BCUT2D eigenvalue weighted by molar-refractivity contribution is 5.96. The second-order valence-electron chi connectivity index (χ2n) is 4.60. The van der Waals surface area contributed by atoms with Gasteiger partial charge in [-0.1, -0.05) is 13.0 Å². The molecule has 20 heavy (non-hydrogen) atoms. The largest absolute Gasteiger partial charge is 0.478 e. The summed E-state index contributed by atoms with van der Waals surface area (Å²) in [6.45, 7) is 3.75. The number of furan rings is 1. The lowest BCUT2D eigenvalue weighted by Crippen LogP contribution is -2.02. The molecule has 3 heterocycles. The minimum absolute atomic E-state index is 0.223. The monoisotopic (exact) mass is 270 g/mol. The van der Waals surface area contributed by atoms with Crippen molar-refractivity contribution < 1.29 is 14.3 Å². The predicted octanol–water partition coefficient (Wildman–Crippen LogP) is 3.16. The number of aromatic carboxylic acids is 1. The summed E-state index contributed by atoms with van der Waals surface area (Å²) < 4.78 is 7.39. The summed E-state index contributed by atoms with van der Waals surface area (Å²) in [5.41, 5.74) is 3.12. The van der Waals surface area contributed by atoms with Crippen LogP contribution in [-0.4, -0.2) is 20.5 Å². The fourth-order valence-corrected chi connectivity index (χ4v) is 2.45. The van der Waals surface area contributed by atoms with Crippen LogP contribution in [0.1, 0.15) is 28.5 Å². The van der Waals surface area contributed by atoms with Crippen molar-refractivity contribution in [3.63, 3.8) is 0 Å². The molecule has 0 aliphatic rings. The summed E-state index contributed by atoms with van der Waals surface area (Å²) >= 11 is 0. The molecule has 5 heteroatoms. The van der Waals surface area contributed by atoms with E-state index in [1.807, 2.05) is 42.6 Å². The van der Waals surface area contributed by atoms with Crippen molar-refractivity contribution in [2.75, 3.05) is 0 Å². The number of imidazole rings is 1. The molecule has 0 bridgehead atoms. The Morgan fingerprint density at radius 1 is 1.45 bits per heavy atom. The van der Waals surface area contributed by atoms with Crippen molar-refractivity contribution in [3.8, 4) is 11.5 Å². The topological polar surface area (TPSA) is 67.7 Å². The zero-order valence-electron chi connectivity index (χ0n) is 11.3. The molecule has 0 amide bonds. The van der Waals surface area contributed by atoms with Gasteiger partial charge < -0.3 is 9.52 Å². The van der Waals surface area contributed by atoms with Gasteiger partial charge in [0.25, 0.3) is 0 Å². The molecule has 0 radical (unpaired) electrons. The third-order valence-electron chi connectivity index (χ3n) is 3.38. The Morgan fingerprint density at radius 2 is 2.25 bits per heavy atom. The van der Waals surface area contributed by atoms with Crippen molar-refractivity contribution in [1.82, 2.24) is 9.38 Å². The van der Waals surface area contributed by atoms with Gasteiger partial charge in [-0.25, -0.2) is 9.78 Å². The summed E-state index contributed by atoms with van der Waals surface area (Å²) in [5.74, 6) is -0.610. The van der Waals surface area contributed by atoms with Crippen molar-refractivity contribution in [2.24, 2.45) is 0 Å². The highest BCUT2D eigenvalue weighted by Crippen LogP contribution is 2.31. The summed E-state index contributed by atoms with van der Waals surface area (Å²) in [5, 5.41) is 9.44. The molecule has 0 saturated heterocycles. The van der Waals surface area contributed by atoms with E-state index >= 15 is 0 Å². The minimum atomic E-state index is -0.976. The van der Waals surface area contributed by atoms with Crippen molar-refractivity contribution in [3.05, 3.63) is 47.5 Å². The van der Waals surface area contributed by atoms with Gasteiger partial charge in [0, 0.05) is 11.8 Å². The van der Waals surface area contributed by atoms with Crippen LogP contribution in [0.3, 0.4) is 0 Å². The maximum absolute atomic E-state index is 11.5. The van der Waals surface area contributed by atoms with Crippen LogP contribution in [0.4, 0.5) is 0 Å². The molecule has 0 unspecified atom stereocenters. The van der Waals surface area contributed by atoms with Gasteiger partial charge in [-0.05, 0) is 25.5 Å². The highest BCUT2D eigenvalue weighted by atomic mass is 16.4. The van der Waals surface area contributed by atoms with Crippen molar-refractivity contribution >= 4 is 11.6 Å². The highest BCUT2D eigenvalue weighted by Gasteiger charge is 2.24. The summed E-state index contributed by atoms with van der Waals surface area (Å²) in [6, 6.07) is 5.64. The van der Waals surface area contributed by atoms with Gasteiger partial charge >= 0.3 is 5.97 Å². The first kappa shape index (κ1) is 12.5. The van der Waals surface area contributed by atoms with E-state index in [1.165, 1.54) is 6.26 Å². The number of rotatable bonds is 3. The molecule has 3 aromatic heterocycles. The van der Waals surface area contributed by atoms with Gasteiger partial charge in [0.15, 0.2) is 5.76 Å². The fraction of sp³-hybridized carbons (Fsp3) is 0.200. The molecule has 0 aliphatic heterocycles. The summed E-state index contributed by atoms with van der Waals surface area (Å²) in [7, 11) is 0. The van der Waals surface area contributed by atoms with Gasteiger partial charge in [-0.2, -0.15) is 0 Å². The average molecular weight is 270 g/mol. The SMILES string of the molecule is CCc1coc(-c2c(C)nc3ccccn23)c1C(=O)O. The van der Waals surface area contributed by atoms with Crippen LogP contribution in [0.2, 0.25) is 0 Å². The van der Waals surface area contributed by atoms with Gasteiger partial charge in [0.05, 0.1) is 12.0 Å².